The Kier molecular flexibility index (Phi) is 5.46. The maximum atomic E-state index is 12.4. The highest BCUT2D eigenvalue weighted by atomic mass is 35.5. The summed E-state index contributed by atoms with van der Waals surface area (Å²) in [6, 6.07) is 2.79. The lowest BCUT2D eigenvalue weighted by molar-refractivity contribution is 0.358. The summed E-state index contributed by atoms with van der Waals surface area (Å²) >= 11 is 11.8. The minimum Gasteiger partial charge on any atom is -0.396 e. The number of likely N-dealkylation sites (N-methyl/N-ethyl adjacent to an activating group) is 2. The van der Waals surface area contributed by atoms with Crippen molar-refractivity contribution in [3.05, 3.63) is 22.2 Å². The molecule has 0 aliphatic heterocycles. The summed E-state index contributed by atoms with van der Waals surface area (Å²) < 4.78 is 25.9. The largest absolute Gasteiger partial charge is 0.396 e. The van der Waals surface area contributed by atoms with Crippen LogP contribution in [0.4, 0.5) is 5.69 Å². The first-order valence-electron chi connectivity index (χ1n) is 5.52. The van der Waals surface area contributed by atoms with Crippen molar-refractivity contribution in [2.75, 3.05) is 40.0 Å². The molecule has 0 saturated heterocycles. The maximum Gasteiger partial charge on any atom is 0.244 e. The standard InChI is InChI=1S/C11H17Cl2N3O2S/c1-15(2)6-7-16(3)19(17,18)9-5-4-8(12)11(14)10(9)13/h4-5H,6-7,14H2,1-3H3. The van der Waals surface area contributed by atoms with Crippen LogP contribution >= 0.6 is 23.2 Å². The van der Waals surface area contributed by atoms with Gasteiger partial charge in [0.15, 0.2) is 0 Å². The third-order valence-corrected chi connectivity index (χ3v) is 5.39. The first kappa shape index (κ1) is 16.5. The summed E-state index contributed by atoms with van der Waals surface area (Å²) in [5.41, 5.74) is 5.72. The molecule has 1 rings (SSSR count). The predicted molar refractivity (Wildman–Crippen MR) is 79.2 cm³/mol. The molecule has 0 aromatic heterocycles. The van der Waals surface area contributed by atoms with Crippen LogP contribution in [-0.2, 0) is 10.0 Å². The molecule has 19 heavy (non-hydrogen) atoms. The molecule has 0 radical (unpaired) electrons. The zero-order valence-corrected chi connectivity index (χ0v) is 13.3. The van der Waals surface area contributed by atoms with Crippen molar-refractivity contribution in [2.24, 2.45) is 0 Å². The van der Waals surface area contributed by atoms with Gasteiger partial charge in [0, 0.05) is 20.1 Å². The van der Waals surface area contributed by atoms with Crippen molar-refractivity contribution in [2.45, 2.75) is 4.90 Å². The molecule has 5 nitrogen and oxygen atoms in total. The van der Waals surface area contributed by atoms with Gasteiger partial charge in [-0.25, -0.2) is 8.42 Å². The van der Waals surface area contributed by atoms with Crippen LogP contribution in [0, 0.1) is 0 Å². The van der Waals surface area contributed by atoms with Crippen molar-refractivity contribution in [3.8, 4) is 0 Å². The van der Waals surface area contributed by atoms with Gasteiger partial charge in [-0.1, -0.05) is 23.2 Å². The fourth-order valence-electron chi connectivity index (χ4n) is 1.38. The molecular formula is C11H17Cl2N3O2S. The highest BCUT2D eigenvalue weighted by molar-refractivity contribution is 7.89. The predicted octanol–water partition coefficient (Wildman–Crippen LogP) is 1.76. The number of sulfonamides is 1. The second-order valence-corrected chi connectivity index (χ2v) is 7.20. The molecular weight excluding hydrogens is 309 g/mol. The topological polar surface area (TPSA) is 66.6 Å². The van der Waals surface area contributed by atoms with Gasteiger partial charge in [0.25, 0.3) is 0 Å². The third kappa shape index (κ3) is 3.73. The lowest BCUT2D eigenvalue weighted by atomic mass is 10.3. The lowest BCUT2D eigenvalue weighted by Crippen LogP contribution is -2.33. The number of halogens is 2. The molecule has 0 aliphatic carbocycles. The first-order chi connectivity index (χ1) is 8.67. The molecule has 0 spiro atoms. The van der Waals surface area contributed by atoms with Crippen LogP contribution in [0.5, 0.6) is 0 Å². The van der Waals surface area contributed by atoms with Crippen molar-refractivity contribution in [3.63, 3.8) is 0 Å². The molecule has 108 valence electrons. The quantitative estimate of drug-likeness (QED) is 0.837. The van der Waals surface area contributed by atoms with Gasteiger partial charge >= 0.3 is 0 Å². The van der Waals surface area contributed by atoms with Crippen LogP contribution in [0.15, 0.2) is 17.0 Å². The van der Waals surface area contributed by atoms with Gasteiger partial charge in [-0.15, -0.1) is 0 Å². The Bertz CT molecular complexity index is 561. The molecule has 1 aromatic carbocycles. The summed E-state index contributed by atoms with van der Waals surface area (Å²) in [6.07, 6.45) is 0. The van der Waals surface area contributed by atoms with Gasteiger partial charge in [0.2, 0.25) is 10.0 Å². The Morgan fingerprint density at radius 3 is 2.26 bits per heavy atom. The normalized spacial score (nSPS) is 12.4. The molecule has 0 bridgehead atoms. The van der Waals surface area contributed by atoms with Crippen LogP contribution in [-0.4, -0.2) is 51.9 Å². The fourth-order valence-corrected chi connectivity index (χ4v) is 3.27. The monoisotopic (exact) mass is 325 g/mol. The van der Waals surface area contributed by atoms with Crippen molar-refractivity contribution < 1.29 is 8.42 Å². The zero-order valence-electron chi connectivity index (χ0n) is 11.0. The summed E-state index contributed by atoms with van der Waals surface area (Å²) in [7, 11) is 1.57. The van der Waals surface area contributed by atoms with Gasteiger partial charge < -0.3 is 10.6 Å². The number of nitrogens with zero attached hydrogens (tertiary/aromatic N) is 2. The van der Waals surface area contributed by atoms with E-state index in [1.54, 1.807) is 0 Å². The van der Waals surface area contributed by atoms with Gasteiger partial charge in [-0.05, 0) is 26.2 Å². The van der Waals surface area contributed by atoms with E-state index in [2.05, 4.69) is 0 Å². The van der Waals surface area contributed by atoms with Crippen LogP contribution in [0.25, 0.3) is 0 Å². The van der Waals surface area contributed by atoms with Crippen molar-refractivity contribution in [1.29, 1.82) is 0 Å². The summed E-state index contributed by atoms with van der Waals surface area (Å²) in [6.45, 7) is 0.963. The number of hydrogen-bond acceptors (Lipinski definition) is 4. The average Bonchev–Trinajstić information content (AvgIpc) is 2.32. The highest BCUT2D eigenvalue weighted by Crippen LogP contribution is 2.34. The molecule has 2 N–H and O–H groups in total. The number of nitrogens with two attached hydrogens (primary N) is 1. The van der Waals surface area contributed by atoms with E-state index in [-0.39, 0.29) is 20.6 Å². The molecule has 0 amide bonds. The molecule has 0 atom stereocenters. The van der Waals surface area contributed by atoms with Crippen LogP contribution in [0.1, 0.15) is 0 Å². The van der Waals surface area contributed by atoms with Gasteiger partial charge in [0.1, 0.15) is 4.90 Å². The second kappa shape index (κ2) is 6.28. The van der Waals surface area contributed by atoms with E-state index in [0.29, 0.717) is 13.1 Å². The molecule has 0 saturated carbocycles. The molecule has 0 fully saturated rings. The Morgan fingerprint density at radius 1 is 1.16 bits per heavy atom. The first-order valence-corrected chi connectivity index (χ1v) is 7.72. The molecule has 0 unspecified atom stereocenters. The number of benzene rings is 1. The number of nitrogen functional groups attached to an aromatic ring is 1. The Morgan fingerprint density at radius 2 is 1.74 bits per heavy atom. The van der Waals surface area contributed by atoms with Crippen molar-refractivity contribution >= 4 is 38.9 Å². The van der Waals surface area contributed by atoms with Crippen LogP contribution < -0.4 is 5.73 Å². The Hall–Kier alpha value is -0.530. The maximum absolute atomic E-state index is 12.4. The highest BCUT2D eigenvalue weighted by Gasteiger charge is 2.25. The number of hydrogen-bond donors (Lipinski definition) is 1. The minimum absolute atomic E-state index is 0.0303. The van der Waals surface area contributed by atoms with E-state index in [1.165, 1.54) is 23.5 Å². The summed E-state index contributed by atoms with van der Waals surface area (Å²) in [5.74, 6) is 0. The fraction of sp³-hybridized carbons (Fsp3) is 0.455. The minimum atomic E-state index is -3.67. The average molecular weight is 326 g/mol. The van der Waals surface area contributed by atoms with E-state index < -0.39 is 10.0 Å². The van der Waals surface area contributed by atoms with E-state index >= 15 is 0 Å². The van der Waals surface area contributed by atoms with Crippen molar-refractivity contribution in [1.82, 2.24) is 9.21 Å². The lowest BCUT2D eigenvalue weighted by Gasteiger charge is -2.20. The smallest absolute Gasteiger partial charge is 0.244 e. The van der Waals surface area contributed by atoms with Crippen LogP contribution in [0.3, 0.4) is 0 Å². The Balaban J connectivity index is 3.10. The molecule has 0 heterocycles. The van der Waals surface area contributed by atoms with E-state index in [9.17, 15) is 8.42 Å². The Labute approximate surface area is 123 Å². The summed E-state index contributed by atoms with van der Waals surface area (Å²) in [4.78, 5) is 1.86. The number of rotatable bonds is 5. The van der Waals surface area contributed by atoms with Crippen LogP contribution in [0.2, 0.25) is 10.0 Å². The van der Waals surface area contributed by atoms with E-state index in [4.69, 9.17) is 28.9 Å². The number of anilines is 1. The summed E-state index contributed by atoms with van der Waals surface area (Å²) in [5, 5.41) is 0.198. The van der Waals surface area contributed by atoms with Gasteiger partial charge in [0.05, 0.1) is 15.7 Å². The molecule has 1 aromatic rings. The van der Waals surface area contributed by atoms with E-state index in [1.807, 2.05) is 19.0 Å². The molecule has 8 heteroatoms. The SMILES string of the molecule is CN(C)CCN(C)S(=O)(=O)c1ccc(Cl)c(N)c1Cl. The van der Waals surface area contributed by atoms with Gasteiger partial charge in [-0.2, -0.15) is 4.31 Å². The van der Waals surface area contributed by atoms with Gasteiger partial charge in [-0.3, -0.25) is 0 Å². The zero-order chi connectivity index (χ0) is 14.8. The molecule has 0 aliphatic rings. The third-order valence-electron chi connectivity index (χ3n) is 2.64. The second-order valence-electron chi connectivity index (χ2n) is 4.40. The van der Waals surface area contributed by atoms with E-state index in [0.717, 1.165) is 0 Å².